The maximum atomic E-state index is 12.5. The van der Waals surface area contributed by atoms with E-state index in [4.69, 9.17) is 0 Å². The number of aliphatic hydroxyl groups is 1. The molecule has 0 aromatic heterocycles. The molecule has 1 aromatic rings. The fraction of sp³-hybridized carbons (Fsp3) is 0.471. The van der Waals surface area contributed by atoms with E-state index < -0.39 is 5.54 Å². The molecule has 0 radical (unpaired) electrons. The zero-order valence-electron chi connectivity index (χ0n) is 12.4. The lowest BCUT2D eigenvalue weighted by Gasteiger charge is -2.33. The van der Waals surface area contributed by atoms with Gasteiger partial charge in [0.15, 0.2) is 0 Å². The van der Waals surface area contributed by atoms with E-state index in [9.17, 15) is 9.90 Å². The molecule has 1 aliphatic carbocycles. The lowest BCUT2D eigenvalue weighted by atomic mass is 9.80. The molecule has 0 bridgehead atoms. The van der Waals surface area contributed by atoms with Crippen LogP contribution < -0.4 is 5.32 Å². The van der Waals surface area contributed by atoms with Crippen molar-refractivity contribution in [3.05, 3.63) is 38.2 Å². The smallest absolute Gasteiger partial charge is 0.256 e. The van der Waals surface area contributed by atoms with Gasteiger partial charge >= 0.3 is 0 Å². The standard InChI is InChI=1S/C17H20INO2/c1-10-8-12(18)9-11(2)13(10)14-15(20)17(19-16(14)21)6-4-3-5-7-17/h8-9,20H,3-7H2,1-2H3,(H,19,21). The number of halogens is 1. The molecule has 112 valence electrons. The molecular formula is C17H20INO2. The van der Waals surface area contributed by atoms with Crippen molar-refractivity contribution >= 4 is 34.1 Å². The van der Waals surface area contributed by atoms with Gasteiger partial charge in [-0.25, -0.2) is 0 Å². The van der Waals surface area contributed by atoms with Gasteiger partial charge < -0.3 is 10.4 Å². The van der Waals surface area contributed by atoms with Gasteiger partial charge in [0.2, 0.25) is 0 Å². The molecule has 1 aromatic carbocycles. The molecule has 3 rings (SSSR count). The Kier molecular flexibility index (Phi) is 3.76. The highest BCUT2D eigenvalue weighted by molar-refractivity contribution is 14.1. The third kappa shape index (κ3) is 2.37. The van der Waals surface area contributed by atoms with Crippen LogP contribution in [0.25, 0.3) is 5.57 Å². The monoisotopic (exact) mass is 397 g/mol. The Balaban J connectivity index is 2.15. The Morgan fingerprint density at radius 1 is 1.14 bits per heavy atom. The van der Waals surface area contributed by atoms with Gasteiger partial charge in [0.25, 0.3) is 5.91 Å². The largest absolute Gasteiger partial charge is 0.509 e. The van der Waals surface area contributed by atoms with Crippen LogP contribution in [0.4, 0.5) is 0 Å². The summed E-state index contributed by atoms with van der Waals surface area (Å²) < 4.78 is 1.15. The Morgan fingerprint density at radius 3 is 2.29 bits per heavy atom. The maximum absolute atomic E-state index is 12.5. The number of aryl methyl sites for hydroxylation is 2. The molecule has 1 fully saturated rings. The van der Waals surface area contributed by atoms with Crippen molar-refractivity contribution in [2.75, 3.05) is 0 Å². The first-order valence-corrected chi connectivity index (χ1v) is 8.56. The summed E-state index contributed by atoms with van der Waals surface area (Å²) >= 11 is 2.28. The minimum atomic E-state index is -0.507. The second-order valence-corrected chi connectivity index (χ2v) is 7.48. The van der Waals surface area contributed by atoms with Crippen LogP contribution in [-0.2, 0) is 4.79 Å². The van der Waals surface area contributed by atoms with E-state index in [1.54, 1.807) is 0 Å². The second kappa shape index (κ2) is 5.30. The fourth-order valence-electron chi connectivity index (χ4n) is 3.74. The Bertz CT molecular complexity index is 619. The summed E-state index contributed by atoms with van der Waals surface area (Å²) in [5.74, 6) is 0.140. The molecule has 2 N–H and O–H groups in total. The molecular weight excluding hydrogens is 377 g/mol. The van der Waals surface area contributed by atoms with Gasteiger partial charge in [0.1, 0.15) is 5.76 Å². The first kappa shape index (κ1) is 14.9. The van der Waals surface area contributed by atoms with Crippen LogP contribution in [0.3, 0.4) is 0 Å². The van der Waals surface area contributed by atoms with E-state index in [1.807, 2.05) is 13.8 Å². The summed E-state index contributed by atoms with van der Waals surface area (Å²) in [4.78, 5) is 12.5. The molecule has 1 saturated carbocycles. The molecule has 0 unspecified atom stereocenters. The summed E-state index contributed by atoms with van der Waals surface area (Å²) in [6.07, 6.45) is 4.99. The molecule has 3 nitrogen and oxygen atoms in total. The summed E-state index contributed by atoms with van der Waals surface area (Å²) in [5.41, 5.74) is 2.97. The first-order valence-electron chi connectivity index (χ1n) is 7.48. The topological polar surface area (TPSA) is 49.3 Å². The number of carbonyl (C=O) groups is 1. The fourth-order valence-corrected chi connectivity index (χ4v) is 4.67. The molecule has 1 amide bonds. The Hall–Kier alpha value is -1.04. The van der Waals surface area contributed by atoms with Crippen LogP contribution in [0.5, 0.6) is 0 Å². The van der Waals surface area contributed by atoms with Gasteiger partial charge in [-0.15, -0.1) is 0 Å². The highest BCUT2D eigenvalue weighted by atomic mass is 127. The number of aliphatic hydroxyl groups excluding tert-OH is 1. The van der Waals surface area contributed by atoms with Gasteiger partial charge in [-0.1, -0.05) is 19.3 Å². The third-order valence-electron chi connectivity index (χ3n) is 4.72. The molecule has 0 saturated heterocycles. The molecule has 1 aliphatic heterocycles. The second-order valence-electron chi connectivity index (χ2n) is 6.24. The van der Waals surface area contributed by atoms with Gasteiger partial charge in [-0.3, -0.25) is 4.79 Å². The molecule has 1 heterocycles. The number of hydrogen-bond donors (Lipinski definition) is 2. The predicted octanol–water partition coefficient (Wildman–Crippen LogP) is 4.01. The zero-order valence-corrected chi connectivity index (χ0v) is 14.6. The zero-order chi connectivity index (χ0) is 15.2. The molecule has 2 aliphatic rings. The van der Waals surface area contributed by atoms with Crippen molar-refractivity contribution < 1.29 is 9.90 Å². The van der Waals surface area contributed by atoms with Gasteiger partial charge in [-0.2, -0.15) is 0 Å². The SMILES string of the molecule is Cc1cc(I)cc(C)c1C1=C(O)C2(CCCCC2)NC1=O. The highest BCUT2D eigenvalue weighted by Crippen LogP contribution is 2.42. The van der Waals surface area contributed by atoms with E-state index in [0.29, 0.717) is 5.57 Å². The molecule has 4 heteroatoms. The van der Waals surface area contributed by atoms with Gasteiger partial charge in [0, 0.05) is 3.57 Å². The van der Waals surface area contributed by atoms with Crippen molar-refractivity contribution in [1.82, 2.24) is 5.32 Å². The number of rotatable bonds is 1. The lowest BCUT2D eigenvalue weighted by Crippen LogP contribution is -2.46. The summed E-state index contributed by atoms with van der Waals surface area (Å²) in [6.45, 7) is 4.01. The van der Waals surface area contributed by atoms with Gasteiger partial charge in [0.05, 0.1) is 11.1 Å². The molecule has 0 atom stereocenters. The summed E-state index contributed by atoms with van der Waals surface area (Å²) in [5, 5.41) is 13.9. The van der Waals surface area contributed by atoms with E-state index in [0.717, 1.165) is 45.9 Å². The van der Waals surface area contributed by atoms with Crippen LogP contribution in [0.1, 0.15) is 48.8 Å². The Labute approximate surface area is 139 Å². The summed E-state index contributed by atoms with van der Waals surface area (Å²) in [6, 6.07) is 4.12. The predicted molar refractivity (Wildman–Crippen MR) is 92.1 cm³/mol. The van der Waals surface area contributed by atoms with E-state index in [-0.39, 0.29) is 11.7 Å². The van der Waals surface area contributed by atoms with E-state index in [1.165, 1.54) is 6.42 Å². The van der Waals surface area contributed by atoms with Crippen LogP contribution in [0, 0.1) is 17.4 Å². The average Bonchev–Trinajstić information content (AvgIpc) is 2.63. The van der Waals surface area contributed by atoms with Crippen LogP contribution >= 0.6 is 22.6 Å². The average molecular weight is 397 g/mol. The molecule has 21 heavy (non-hydrogen) atoms. The van der Waals surface area contributed by atoms with Crippen LogP contribution in [0.15, 0.2) is 17.9 Å². The van der Waals surface area contributed by atoms with Crippen LogP contribution in [0.2, 0.25) is 0 Å². The molecule has 1 spiro atoms. The highest BCUT2D eigenvalue weighted by Gasteiger charge is 2.46. The van der Waals surface area contributed by atoms with Crippen molar-refractivity contribution in [2.45, 2.75) is 51.5 Å². The van der Waals surface area contributed by atoms with Crippen molar-refractivity contribution in [3.63, 3.8) is 0 Å². The van der Waals surface area contributed by atoms with Crippen molar-refractivity contribution in [2.24, 2.45) is 0 Å². The normalized spacial score (nSPS) is 21.0. The van der Waals surface area contributed by atoms with Crippen molar-refractivity contribution in [3.8, 4) is 0 Å². The third-order valence-corrected chi connectivity index (χ3v) is 5.35. The number of benzene rings is 1. The Morgan fingerprint density at radius 2 is 1.71 bits per heavy atom. The lowest BCUT2D eigenvalue weighted by molar-refractivity contribution is -0.116. The van der Waals surface area contributed by atoms with Crippen molar-refractivity contribution in [1.29, 1.82) is 0 Å². The summed E-state index contributed by atoms with van der Waals surface area (Å²) in [7, 11) is 0. The number of nitrogens with one attached hydrogen (secondary N) is 1. The number of hydrogen-bond acceptors (Lipinski definition) is 2. The van der Waals surface area contributed by atoms with E-state index >= 15 is 0 Å². The quantitative estimate of drug-likeness (QED) is 0.704. The maximum Gasteiger partial charge on any atom is 0.256 e. The minimum absolute atomic E-state index is 0.123. The number of carbonyl (C=O) groups excluding carboxylic acids is 1. The van der Waals surface area contributed by atoms with Gasteiger partial charge in [-0.05, 0) is 78.1 Å². The van der Waals surface area contributed by atoms with Crippen LogP contribution in [-0.4, -0.2) is 16.6 Å². The van der Waals surface area contributed by atoms with E-state index in [2.05, 4.69) is 40.0 Å². The minimum Gasteiger partial charge on any atom is -0.509 e. The first-order chi connectivity index (χ1) is 9.94. The number of amides is 1.